The van der Waals surface area contributed by atoms with Crippen molar-refractivity contribution >= 4 is 5.97 Å². The number of aliphatic hydroxyl groups excluding tert-OH is 2. The maximum atomic E-state index is 10.6. The molecule has 1 aliphatic heterocycles. The lowest BCUT2D eigenvalue weighted by Gasteiger charge is -2.23. The van der Waals surface area contributed by atoms with Gasteiger partial charge in [0, 0.05) is 0 Å². The summed E-state index contributed by atoms with van der Waals surface area (Å²) in [6, 6.07) is 0. The minimum atomic E-state index is -1.17. The molecular weight excluding hydrogens is 136 g/mol. The van der Waals surface area contributed by atoms with Gasteiger partial charge < -0.3 is 14.9 Å². The molecule has 0 unspecified atom stereocenters. The lowest BCUT2D eigenvalue weighted by atomic mass is 10.1. The smallest absolute Gasteiger partial charge is 0.336 e. The van der Waals surface area contributed by atoms with E-state index in [2.05, 4.69) is 11.3 Å². The van der Waals surface area contributed by atoms with Crippen LogP contribution in [0, 0.1) is 0 Å². The Hall–Kier alpha value is -0.870. The molecular formula is C6H8O4. The zero-order valence-electron chi connectivity index (χ0n) is 5.28. The molecule has 1 rings (SSSR count). The molecule has 1 fully saturated rings. The highest BCUT2D eigenvalue weighted by Gasteiger charge is 2.30. The van der Waals surface area contributed by atoms with Gasteiger partial charge in [-0.3, -0.25) is 0 Å². The van der Waals surface area contributed by atoms with Gasteiger partial charge in [0.15, 0.2) is 0 Å². The predicted octanol–water partition coefficient (Wildman–Crippen LogP) is -1.18. The van der Waals surface area contributed by atoms with Gasteiger partial charge in [0.1, 0.15) is 18.8 Å². The van der Waals surface area contributed by atoms with Gasteiger partial charge in [0.2, 0.25) is 0 Å². The Kier molecular flexibility index (Phi) is 1.74. The summed E-state index contributed by atoms with van der Waals surface area (Å²) in [7, 11) is 0. The second kappa shape index (κ2) is 2.40. The fourth-order valence-corrected chi connectivity index (χ4v) is 0.698. The molecule has 0 spiro atoms. The van der Waals surface area contributed by atoms with E-state index in [1.54, 1.807) is 0 Å². The number of esters is 1. The monoisotopic (exact) mass is 144 g/mol. The van der Waals surface area contributed by atoms with Crippen LogP contribution in [-0.2, 0) is 9.53 Å². The Morgan fingerprint density at radius 2 is 2.20 bits per heavy atom. The molecule has 0 bridgehead atoms. The van der Waals surface area contributed by atoms with Crippen molar-refractivity contribution in [2.75, 3.05) is 6.61 Å². The van der Waals surface area contributed by atoms with E-state index in [4.69, 9.17) is 10.2 Å². The van der Waals surface area contributed by atoms with Crippen molar-refractivity contribution in [3.63, 3.8) is 0 Å². The molecule has 0 aliphatic carbocycles. The van der Waals surface area contributed by atoms with Gasteiger partial charge in [-0.1, -0.05) is 6.58 Å². The van der Waals surface area contributed by atoms with E-state index in [0.29, 0.717) is 0 Å². The van der Waals surface area contributed by atoms with Crippen LogP contribution < -0.4 is 0 Å². The van der Waals surface area contributed by atoms with Crippen molar-refractivity contribution < 1.29 is 19.7 Å². The molecule has 56 valence electrons. The molecule has 0 aromatic heterocycles. The molecule has 0 aromatic rings. The third kappa shape index (κ3) is 1.03. The highest BCUT2D eigenvalue weighted by Crippen LogP contribution is 2.12. The third-order valence-corrected chi connectivity index (χ3v) is 1.37. The number of aliphatic hydroxyl groups is 2. The summed E-state index contributed by atoms with van der Waals surface area (Å²) < 4.78 is 4.42. The summed E-state index contributed by atoms with van der Waals surface area (Å²) in [4.78, 5) is 10.6. The fourth-order valence-electron chi connectivity index (χ4n) is 0.698. The van der Waals surface area contributed by atoms with Crippen molar-refractivity contribution in [2.24, 2.45) is 0 Å². The predicted molar refractivity (Wildman–Crippen MR) is 32.1 cm³/mol. The van der Waals surface area contributed by atoms with Crippen LogP contribution in [0.25, 0.3) is 0 Å². The number of carbonyl (C=O) groups is 1. The first-order chi connectivity index (χ1) is 4.63. The van der Waals surface area contributed by atoms with E-state index in [-0.39, 0.29) is 12.2 Å². The van der Waals surface area contributed by atoms with Crippen molar-refractivity contribution in [3.8, 4) is 0 Å². The minimum Gasteiger partial charge on any atom is -0.459 e. The van der Waals surface area contributed by atoms with E-state index in [1.165, 1.54) is 0 Å². The number of rotatable bonds is 0. The Labute approximate surface area is 57.7 Å². The molecule has 1 aliphatic rings. The molecule has 1 heterocycles. The zero-order valence-corrected chi connectivity index (χ0v) is 5.28. The number of ether oxygens (including phenoxy) is 1. The SMILES string of the molecule is C=C1C(=O)OC[C@@H](O)[C@H]1O. The Bertz CT molecular complexity index is 175. The number of carbonyl (C=O) groups excluding carboxylic acids is 1. The fraction of sp³-hybridized carbons (Fsp3) is 0.500. The van der Waals surface area contributed by atoms with Crippen molar-refractivity contribution in [1.82, 2.24) is 0 Å². The summed E-state index contributed by atoms with van der Waals surface area (Å²) in [5, 5.41) is 17.8. The average molecular weight is 144 g/mol. The lowest BCUT2D eigenvalue weighted by Crippen LogP contribution is -2.40. The second-order valence-electron chi connectivity index (χ2n) is 2.14. The molecule has 0 aromatic carbocycles. The molecule has 0 amide bonds. The average Bonchev–Trinajstić information content (AvgIpc) is 1.93. The molecule has 4 heteroatoms. The van der Waals surface area contributed by atoms with Crippen LogP contribution in [0.15, 0.2) is 12.2 Å². The summed E-state index contributed by atoms with van der Waals surface area (Å²) in [6.45, 7) is 3.09. The van der Waals surface area contributed by atoms with Gasteiger partial charge in [0.05, 0.1) is 5.57 Å². The van der Waals surface area contributed by atoms with Gasteiger partial charge in [-0.25, -0.2) is 4.79 Å². The van der Waals surface area contributed by atoms with Crippen LogP contribution in [0.5, 0.6) is 0 Å². The summed E-state index contributed by atoms with van der Waals surface area (Å²) in [5.74, 6) is -0.641. The second-order valence-corrected chi connectivity index (χ2v) is 2.14. The third-order valence-electron chi connectivity index (χ3n) is 1.37. The van der Waals surface area contributed by atoms with E-state index < -0.39 is 18.2 Å². The van der Waals surface area contributed by atoms with Crippen molar-refractivity contribution in [2.45, 2.75) is 12.2 Å². The topological polar surface area (TPSA) is 66.8 Å². The molecule has 4 nitrogen and oxygen atoms in total. The first-order valence-corrected chi connectivity index (χ1v) is 2.85. The molecule has 10 heavy (non-hydrogen) atoms. The highest BCUT2D eigenvalue weighted by atomic mass is 16.5. The molecule has 0 radical (unpaired) electrons. The highest BCUT2D eigenvalue weighted by molar-refractivity contribution is 5.89. The van der Waals surface area contributed by atoms with Crippen molar-refractivity contribution in [1.29, 1.82) is 0 Å². The van der Waals surface area contributed by atoms with E-state index >= 15 is 0 Å². The Balaban J connectivity index is 2.70. The summed E-state index contributed by atoms with van der Waals surface area (Å²) in [6.07, 6.45) is -2.19. The van der Waals surface area contributed by atoms with E-state index in [9.17, 15) is 4.79 Å². The standard InChI is InChI=1S/C6H8O4/c1-3-5(8)4(7)2-10-6(3)9/h4-5,7-8H,1-2H2/t4-,5+/m1/s1. The van der Waals surface area contributed by atoms with Gasteiger partial charge in [-0.05, 0) is 0 Å². The normalized spacial score (nSPS) is 33.8. The number of cyclic esters (lactones) is 1. The first-order valence-electron chi connectivity index (χ1n) is 2.85. The van der Waals surface area contributed by atoms with Crippen LogP contribution in [0.3, 0.4) is 0 Å². The Morgan fingerprint density at radius 1 is 1.60 bits per heavy atom. The first kappa shape index (κ1) is 7.24. The number of hydrogen-bond donors (Lipinski definition) is 2. The van der Waals surface area contributed by atoms with Gasteiger partial charge in [-0.15, -0.1) is 0 Å². The van der Waals surface area contributed by atoms with Crippen LogP contribution in [0.1, 0.15) is 0 Å². The Morgan fingerprint density at radius 3 is 2.70 bits per heavy atom. The van der Waals surface area contributed by atoms with E-state index in [1.807, 2.05) is 0 Å². The lowest BCUT2D eigenvalue weighted by molar-refractivity contribution is -0.152. The van der Waals surface area contributed by atoms with Crippen LogP contribution in [-0.4, -0.2) is 35.0 Å². The van der Waals surface area contributed by atoms with Crippen molar-refractivity contribution in [3.05, 3.63) is 12.2 Å². The maximum absolute atomic E-state index is 10.6. The molecule has 2 N–H and O–H groups in total. The van der Waals surface area contributed by atoms with Gasteiger partial charge in [-0.2, -0.15) is 0 Å². The quantitative estimate of drug-likeness (QED) is 0.332. The summed E-state index contributed by atoms with van der Waals surface area (Å²) >= 11 is 0. The molecule has 2 atom stereocenters. The zero-order chi connectivity index (χ0) is 7.72. The maximum Gasteiger partial charge on any atom is 0.336 e. The van der Waals surface area contributed by atoms with Crippen LogP contribution in [0.4, 0.5) is 0 Å². The largest absolute Gasteiger partial charge is 0.459 e. The molecule has 1 saturated heterocycles. The van der Waals surface area contributed by atoms with Gasteiger partial charge >= 0.3 is 5.97 Å². The van der Waals surface area contributed by atoms with Crippen LogP contribution in [0.2, 0.25) is 0 Å². The number of hydrogen-bond acceptors (Lipinski definition) is 4. The minimum absolute atomic E-state index is 0.0845. The summed E-state index contributed by atoms with van der Waals surface area (Å²) in [5.41, 5.74) is -0.0845. The van der Waals surface area contributed by atoms with Crippen LogP contribution >= 0.6 is 0 Å². The van der Waals surface area contributed by atoms with E-state index in [0.717, 1.165) is 0 Å². The van der Waals surface area contributed by atoms with Gasteiger partial charge in [0.25, 0.3) is 0 Å². The molecule has 0 saturated carbocycles.